The number of rotatable bonds is 10. The lowest BCUT2D eigenvalue weighted by atomic mass is 9.94. The first-order valence-electron chi connectivity index (χ1n) is 13.3. The van der Waals surface area contributed by atoms with E-state index in [2.05, 4.69) is 46.0 Å². The lowest BCUT2D eigenvalue weighted by molar-refractivity contribution is -0.115. The summed E-state index contributed by atoms with van der Waals surface area (Å²) in [6.45, 7) is 5.96. The summed E-state index contributed by atoms with van der Waals surface area (Å²) in [5.41, 5.74) is 8.96. The van der Waals surface area contributed by atoms with Crippen LogP contribution in [0.25, 0.3) is 11.1 Å². The zero-order chi connectivity index (χ0) is 31.1. The fourth-order valence-electron chi connectivity index (χ4n) is 4.22. The third kappa shape index (κ3) is 7.12. The van der Waals surface area contributed by atoms with Crippen LogP contribution in [0.15, 0.2) is 82.8 Å². The normalized spacial score (nSPS) is 11.8. The van der Waals surface area contributed by atoms with Gasteiger partial charge >= 0.3 is 0 Å². The fourth-order valence-corrected chi connectivity index (χ4v) is 6.25. The number of anilines is 3. The third-order valence-electron chi connectivity index (χ3n) is 6.53. The van der Waals surface area contributed by atoms with Crippen LogP contribution in [-0.4, -0.2) is 29.5 Å². The van der Waals surface area contributed by atoms with Gasteiger partial charge in [-0.15, -0.1) is 0 Å². The maximum Gasteiger partial charge on any atom is 0.263 e. The van der Waals surface area contributed by atoms with Crippen LogP contribution in [0.3, 0.4) is 0 Å². The number of nitrogens with two attached hydrogens (primary N) is 1. The van der Waals surface area contributed by atoms with Gasteiger partial charge in [0.2, 0.25) is 5.91 Å². The molecule has 0 aliphatic rings. The number of thioether (sulfide) groups is 1. The molecule has 2 heterocycles. The SMILES string of the molecule is CCC(Sc1nc(N)c(C#N)c(-c2ccc(C(C)C)cc2)c1C#N)C(=O)Nc1ccc(S(=O)(=O)Nc2ccccn2)cc1. The van der Waals surface area contributed by atoms with Crippen LogP contribution in [0.2, 0.25) is 0 Å². The van der Waals surface area contributed by atoms with Crippen LogP contribution < -0.4 is 15.8 Å². The van der Waals surface area contributed by atoms with Gasteiger partial charge < -0.3 is 11.1 Å². The summed E-state index contributed by atoms with van der Waals surface area (Å²) < 4.78 is 27.8. The number of hydrogen-bond donors (Lipinski definition) is 3. The Bertz CT molecular complexity index is 1810. The number of sulfonamides is 1. The number of amides is 1. The van der Waals surface area contributed by atoms with Crippen LogP contribution in [0.5, 0.6) is 0 Å². The molecule has 4 aromatic rings. The first-order valence-corrected chi connectivity index (χ1v) is 15.7. The molecule has 0 aliphatic heterocycles. The number of hydrogen-bond acceptors (Lipinski definition) is 9. The molecule has 1 atom stereocenters. The zero-order valence-electron chi connectivity index (χ0n) is 23.7. The molecule has 0 bridgehead atoms. The van der Waals surface area contributed by atoms with E-state index in [0.29, 0.717) is 29.2 Å². The van der Waals surface area contributed by atoms with Gasteiger partial charge in [0.1, 0.15) is 34.4 Å². The number of nitrogens with zero attached hydrogens (tertiary/aromatic N) is 4. The summed E-state index contributed by atoms with van der Waals surface area (Å²) in [4.78, 5) is 21.6. The summed E-state index contributed by atoms with van der Waals surface area (Å²) in [5.74, 6) is 0.0953. The predicted molar refractivity (Wildman–Crippen MR) is 168 cm³/mol. The summed E-state index contributed by atoms with van der Waals surface area (Å²) >= 11 is 1.08. The Labute approximate surface area is 255 Å². The second kappa shape index (κ2) is 13.4. The molecule has 43 heavy (non-hydrogen) atoms. The number of carbonyl (C=O) groups is 1. The van der Waals surface area contributed by atoms with Crippen molar-refractivity contribution in [2.45, 2.75) is 48.3 Å². The van der Waals surface area contributed by atoms with Crippen molar-refractivity contribution in [3.05, 3.63) is 89.6 Å². The minimum atomic E-state index is -3.87. The lowest BCUT2D eigenvalue weighted by Gasteiger charge is -2.18. The largest absolute Gasteiger partial charge is 0.383 e. The van der Waals surface area contributed by atoms with Crippen molar-refractivity contribution in [3.63, 3.8) is 0 Å². The number of nitrogen functional groups attached to an aromatic ring is 1. The molecule has 218 valence electrons. The average molecular weight is 612 g/mol. The Morgan fingerprint density at radius 1 is 1.00 bits per heavy atom. The Morgan fingerprint density at radius 3 is 2.23 bits per heavy atom. The van der Waals surface area contributed by atoms with Gasteiger partial charge in [0.05, 0.1) is 15.7 Å². The van der Waals surface area contributed by atoms with Crippen molar-refractivity contribution in [2.24, 2.45) is 0 Å². The third-order valence-corrected chi connectivity index (χ3v) is 9.26. The second-order valence-electron chi connectivity index (χ2n) is 9.78. The van der Waals surface area contributed by atoms with Crippen molar-refractivity contribution in [1.82, 2.24) is 9.97 Å². The highest BCUT2D eigenvalue weighted by Gasteiger charge is 2.26. The first-order chi connectivity index (χ1) is 20.6. The molecular formula is C31H29N7O3S2. The van der Waals surface area contributed by atoms with E-state index in [-0.39, 0.29) is 38.6 Å². The summed E-state index contributed by atoms with van der Waals surface area (Å²) in [6.07, 6.45) is 1.87. The average Bonchev–Trinajstić information content (AvgIpc) is 3.00. The first kappa shape index (κ1) is 31.0. The molecule has 0 saturated carbocycles. The minimum absolute atomic E-state index is 0.00226. The number of nitrogens with one attached hydrogen (secondary N) is 2. The highest BCUT2D eigenvalue weighted by Crippen LogP contribution is 2.38. The molecule has 2 aromatic heterocycles. The summed E-state index contributed by atoms with van der Waals surface area (Å²) in [7, 11) is -3.87. The van der Waals surface area contributed by atoms with Crippen LogP contribution in [0, 0.1) is 22.7 Å². The molecule has 4 rings (SSSR count). The van der Waals surface area contributed by atoms with E-state index >= 15 is 0 Å². The van der Waals surface area contributed by atoms with E-state index in [9.17, 15) is 23.7 Å². The van der Waals surface area contributed by atoms with E-state index in [0.717, 1.165) is 17.3 Å². The number of pyridine rings is 2. The fraction of sp³-hybridized carbons (Fsp3) is 0.194. The van der Waals surface area contributed by atoms with Gasteiger partial charge in [-0.05, 0) is 59.9 Å². The van der Waals surface area contributed by atoms with Gasteiger partial charge in [0, 0.05) is 17.4 Å². The standard InChI is InChI=1S/C31H29N7O3S2/c1-4-26(30(39)36-22-12-14-23(15-13-22)43(40,41)38-27-7-5-6-16-35-27)42-31-25(18-33)28(24(17-32)29(34)37-31)21-10-8-20(9-11-21)19(2)3/h5-16,19,26H,4H2,1-3H3,(H2,34,37)(H,35,38)(H,36,39). The quantitative estimate of drug-likeness (QED) is 0.184. The topological polar surface area (TPSA) is 175 Å². The van der Waals surface area contributed by atoms with Crippen LogP contribution in [0.4, 0.5) is 17.3 Å². The molecule has 0 radical (unpaired) electrons. The van der Waals surface area contributed by atoms with Gasteiger partial charge in [0.25, 0.3) is 10.0 Å². The number of aromatic nitrogens is 2. The maximum absolute atomic E-state index is 13.3. The molecular weight excluding hydrogens is 583 g/mol. The van der Waals surface area contributed by atoms with Crippen molar-refractivity contribution in [3.8, 4) is 23.3 Å². The molecule has 12 heteroatoms. The highest BCUT2D eigenvalue weighted by atomic mass is 32.2. The van der Waals surface area contributed by atoms with Gasteiger partial charge in [-0.3, -0.25) is 9.52 Å². The number of benzene rings is 2. The summed E-state index contributed by atoms with van der Waals surface area (Å²) in [5, 5.41) is 22.4. The molecule has 2 aromatic carbocycles. The smallest absolute Gasteiger partial charge is 0.263 e. The minimum Gasteiger partial charge on any atom is -0.383 e. The van der Waals surface area contributed by atoms with Crippen molar-refractivity contribution >= 4 is 45.0 Å². The predicted octanol–water partition coefficient (Wildman–Crippen LogP) is 5.90. The maximum atomic E-state index is 13.3. The van der Waals surface area contributed by atoms with E-state index < -0.39 is 15.3 Å². The molecule has 1 unspecified atom stereocenters. The van der Waals surface area contributed by atoms with Crippen LogP contribution >= 0.6 is 11.8 Å². The van der Waals surface area contributed by atoms with E-state index in [1.54, 1.807) is 12.1 Å². The monoisotopic (exact) mass is 611 g/mol. The van der Waals surface area contributed by atoms with E-state index in [1.165, 1.54) is 36.5 Å². The van der Waals surface area contributed by atoms with Gasteiger partial charge in [-0.25, -0.2) is 18.4 Å². The summed E-state index contributed by atoms with van der Waals surface area (Å²) in [6, 6.07) is 22.4. The lowest BCUT2D eigenvalue weighted by Crippen LogP contribution is -2.25. The molecule has 1 amide bonds. The van der Waals surface area contributed by atoms with Gasteiger partial charge in [0.15, 0.2) is 0 Å². The Morgan fingerprint density at radius 2 is 1.67 bits per heavy atom. The molecule has 0 spiro atoms. The van der Waals surface area contributed by atoms with E-state index in [1.807, 2.05) is 31.2 Å². The van der Waals surface area contributed by atoms with E-state index in [4.69, 9.17) is 5.73 Å². The Hall–Kier alpha value is -4.91. The molecule has 0 saturated heterocycles. The molecule has 0 aliphatic carbocycles. The highest BCUT2D eigenvalue weighted by molar-refractivity contribution is 8.00. The van der Waals surface area contributed by atoms with Gasteiger partial charge in [-0.2, -0.15) is 10.5 Å². The Balaban J connectivity index is 1.57. The molecule has 0 fully saturated rings. The number of carbonyl (C=O) groups excluding carboxylic acids is 1. The van der Waals surface area contributed by atoms with Crippen LogP contribution in [-0.2, 0) is 14.8 Å². The van der Waals surface area contributed by atoms with Crippen LogP contribution in [0.1, 0.15) is 49.8 Å². The molecule has 10 nitrogen and oxygen atoms in total. The van der Waals surface area contributed by atoms with Gasteiger partial charge in [-0.1, -0.05) is 62.9 Å². The zero-order valence-corrected chi connectivity index (χ0v) is 25.3. The Kier molecular flexibility index (Phi) is 9.66. The van der Waals surface area contributed by atoms with Crippen molar-refractivity contribution in [2.75, 3.05) is 15.8 Å². The van der Waals surface area contributed by atoms with Crippen molar-refractivity contribution in [1.29, 1.82) is 10.5 Å². The number of nitriles is 2. The second-order valence-corrected chi connectivity index (χ2v) is 12.7. The molecule has 4 N–H and O–H groups in total. The van der Waals surface area contributed by atoms with Crippen molar-refractivity contribution < 1.29 is 13.2 Å².